The summed E-state index contributed by atoms with van der Waals surface area (Å²) in [5, 5.41) is 12.6. The Morgan fingerprint density at radius 1 is 1.32 bits per heavy atom. The molecule has 2 rings (SSSR count). The number of rotatable bonds is 7. The number of benzene rings is 1. The number of hydrogen-bond acceptors (Lipinski definition) is 6. The molecule has 0 aliphatic heterocycles. The molecule has 0 saturated heterocycles. The first kappa shape index (κ1) is 14.4. The van der Waals surface area contributed by atoms with Crippen LogP contribution in [-0.2, 0) is 0 Å². The summed E-state index contributed by atoms with van der Waals surface area (Å²) in [4.78, 5) is 0. The Morgan fingerprint density at radius 3 is 2.79 bits per heavy atom. The van der Waals surface area contributed by atoms with Gasteiger partial charge in [-0.1, -0.05) is 34.7 Å². The highest BCUT2D eigenvalue weighted by Gasteiger charge is 2.02. The quantitative estimate of drug-likeness (QED) is 0.622. The van der Waals surface area contributed by atoms with Crippen molar-refractivity contribution in [3.8, 4) is 5.75 Å². The lowest BCUT2D eigenvalue weighted by Crippen LogP contribution is -1.98. The fourth-order valence-corrected chi connectivity index (χ4v) is 3.12. The Morgan fingerprint density at radius 2 is 2.11 bits per heavy atom. The molecule has 19 heavy (non-hydrogen) atoms. The summed E-state index contributed by atoms with van der Waals surface area (Å²) >= 11 is 9.06. The van der Waals surface area contributed by atoms with E-state index in [1.165, 1.54) is 0 Å². The molecule has 0 fully saturated rings. The predicted molar refractivity (Wildman–Crippen MR) is 81.7 cm³/mol. The van der Waals surface area contributed by atoms with Crippen LogP contribution >= 0.6 is 34.7 Å². The lowest BCUT2D eigenvalue weighted by atomic mass is 10.3. The highest BCUT2D eigenvalue weighted by Crippen LogP contribution is 2.25. The first-order chi connectivity index (χ1) is 9.28. The molecule has 1 heterocycles. The van der Waals surface area contributed by atoms with Crippen molar-refractivity contribution in [1.82, 2.24) is 10.2 Å². The van der Waals surface area contributed by atoms with Gasteiger partial charge in [0, 0.05) is 17.8 Å². The van der Waals surface area contributed by atoms with Crippen molar-refractivity contribution in [2.45, 2.75) is 10.8 Å². The third-order valence-corrected chi connectivity index (χ3v) is 4.63. The first-order valence-corrected chi connectivity index (χ1v) is 7.98. The Hall–Kier alpha value is -0.980. The molecular weight excluding hydrogens is 302 g/mol. The van der Waals surface area contributed by atoms with Gasteiger partial charge in [0.25, 0.3) is 0 Å². The molecule has 0 radical (unpaired) electrons. The van der Waals surface area contributed by atoms with E-state index in [0.29, 0.717) is 6.61 Å². The molecule has 1 N–H and O–H groups in total. The number of aromatic nitrogens is 2. The van der Waals surface area contributed by atoms with E-state index in [4.69, 9.17) is 16.3 Å². The predicted octanol–water partition coefficient (Wildman–Crippen LogP) is 3.79. The Balaban J connectivity index is 1.63. The maximum absolute atomic E-state index is 5.80. The fourth-order valence-electron chi connectivity index (χ4n) is 1.31. The smallest absolute Gasteiger partial charge is 0.206 e. The zero-order valence-corrected chi connectivity index (χ0v) is 12.8. The molecule has 0 aliphatic rings. The molecular formula is C12H14ClN3OS2. The highest BCUT2D eigenvalue weighted by molar-refractivity contribution is 8.01. The molecule has 0 atom stereocenters. The van der Waals surface area contributed by atoms with Crippen LogP contribution in [0.15, 0.2) is 28.6 Å². The fraction of sp³-hybridized carbons (Fsp3) is 0.333. The second-order valence-electron chi connectivity index (χ2n) is 3.63. The molecule has 1 aromatic carbocycles. The number of nitrogens with zero attached hydrogens (tertiary/aromatic N) is 2. The van der Waals surface area contributed by atoms with Crippen LogP contribution < -0.4 is 10.1 Å². The van der Waals surface area contributed by atoms with Gasteiger partial charge in [0.15, 0.2) is 4.34 Å². The zero-order chi connectivity index (χ0) is 13.5. The van der Waals surface area contributed by atoms with E-state index in [-0.39, 0.29) is 0 Å². The van der Waals surface area contributed by atoms with E-state index in [9.17, 15) is 0 Å². The van der Waals surface area contributed by atoms with Crippen molar-refractivity contribution in [1.29, 1.82) is 0 Å². The lowest BCUT2D eigenvalue weighted by molar-refractivity contribution is 0.319. The van der Waals surface area contributed by atoms with Crippen LogP contribution in [0.25, 0.3) is 0 Å². The van der Waals surface area contributed by atoms with Crippen molar-refractivity contribution in [2.24, 2.45) is 0 Å². The molecule has 2 aromatic rings. The first-order valence-electron chi connectivity index (χ1n) is 5.80. The molecule has 0 unspecified atom stereocenters. The highest BCUT2D eigenvalue weighted by atomic mass is 35.5. The Kier molecular flexibility index (Phi) is 5.75. The van der Waals surface area contributed by atoms with Crippen molar-refractivity contribution < 1.29 is 4.74 Å². The third-order valence-electron chi connectivity index (χ3n) is 2.22. The largest absolute Gasteiger partial charge is 0.494 e. The van der Waals surface area contributed by atoms with Gasteiger partial charge in [0.1, 0.15) is 5.75 Å². The molecule has 0 amide bonds. The summed E-state index contributed by atoms with van der Waals surface area (Å²) in [5.74, 6) is 1.81. The molecule has 0 bridgehead atoms. The van der Waals surface area contributed by atoms with Crippen LogP contribution in [0.5, 0.6) is 5.75 Å². The summed E-state index contributed by atoms with van der Waals surface area (Å²) < 4.78 is 6.59. The average molecular weight is 316 g/mol. The number of anilines is 1. The van der Waals surface area contributed by atoms with Gasteiger partial charge in [-0.2, -0.15) is 0 Å². The maximum atomic E-state index is 5.80. The molecule has 0 saturated carbocycles. The van der Waals surface area contributed by atoms with Crippen molar-refractivity contribution in [3.05, 3.63) is 29.3 Å². The maximum Gasteiger partial charge on any atom is 0.206 e. The van der Waals surface area contributed by atoms with Gasteiger partial charge in [-0.15, -0.1) is 10.2 Å². The number of ether oxygens (including phenoxy) is 1. The van der Waals surface area contributed by atoms with Crippen LogP contribution in [-0.4, -0.2) is 29.6 Å². The van der Waals surface area contributed by atoms with E-state index in [0.717, 1.165) is 32.4 Å². The molecule has 102 valence electrons. The van der Waals surface area contributed by atoms with Gasteiger partial charge in [-0.3, -0.25) is 0 Å². The monoisotopic (exact) mass is 315 g/mol. The third kappa shape index (κ3) is 4.89. The standard InChI is InChI=1S/C12H14ClN3OS2/c1-14-11-15-16-12(19-11)18-8-2-7-17-10-5-3-9(13)4-6-10/h3-6H,2,7-8H2,1H3,(H,14,15). The molecule has 0 aliphatic carbocycles. The van der Waals surface area contributed by atoms with Crippen LogP contribution in [0.3, 0.4) is 0 Å². The van der Waals surface area contributed by atoms with Crippen molar-refractivity contribution in [2.75, 3.05) is 24.7 Å². The van der Waals surface area contributed by atoms with Crippen LogP contribution in [0, 0.1) is 0 Å². The summed E-state index contributed by atoms with van der Waals surface area (Å²) in [6.45, 7) is 0.687. The normalized spacial score (nSPS) is 10.4. The second kappa shape index (κ2) is 7.57. The molecule has 0 spiro atoms. The summed E-state index contributed by atoms with van der Waals surface area (Å²) in [7, 11) is 1.84. The van der Waals surface area contributed by atoms with Crippen LogP contribution in [0.1, 0.15) is 6.42 Å². The number of hydrogen-bond donors (Lipinski definition) is 1. The van der Waals surface area contributed by atoms with E-state index in [1.807, 2.05) is 31.3 Å². The number of thioether (sulfide) groups is 1. The zero-order valence-electron chi connectivity index (χ0n) is 10.4. The van der Waals surface area contributed by atoms with Gasteiger partial charge in [-0.25, -0.2) is 0 Å². The van der Waals surface area contributed by atoms with E-state index < -0.39 is 0 Å². The van der Waals surface area contributed by atoms with Gasteiger partial charge in [0.05, 0.1) is 6.61 Å². The van der Waals surface area contributed by atoms with E-state index in [2.05, 4.69) is 15.5 Å². The van der Waals surface area contributed by atoms with E-state index in [1.54, 1.807) is 23.1 Å². The Bertz CT molecular complexity index is 504. The second-order valence-corrected chi connectivity index (χ2v) is 6.38. The number of nitrogens with one attached hydrogen (secondary N) is 1. The summed E-state index contributed by atoms with van der Waals surface area (Å²) in [6, 6.07) is 7.40. The summed E-state index contributed by atoms with van der Waals surface area (Å²) in [5.41, 5.74) is 0. The van der Waals surface area contributed by atoms with Crippen LogP contribution in [0.2, 0.25) is 5.02 Å². The molecule has 4 nitrogen and oxygen atoms in total. The summed E-state index contributed by atoms with van der Waals surface area (Å²) in [6.07, 6.45) is 0.960. The minimum Gasteiger partial charge on any atom is -0.494 e. The molecule has 7 heteroatoms. The average Bonchev–Trinajstić information content (AvgIpc) is 2.88. The van der Waals surface area contributed by atoms with Gasteiger partial charge >= 0.3 is 0 Å². The molecule has 1 aromatic heterocycles. The number of halogens is 1. The minimum atomic E-state index is 0.687. The van der Waals surface area contributed by atoms with Gasteiger partial charge in [0.2, 0.25) is 5.13 Å². The van der Waals surface area contributed by atoms with Gasteiger partial charge in [-0.05, 0) is 30.7 Å². The lowest BCUT2D eigenvalue weighted by Gasteiger charge is -2.05. The van der Waals surface area contributed by atoms with E-state index >= 15 is 0 Å². The van der Waals surface area contributed by atoms with Crippen molar-refractivity contribution >= 4 is 39.8 Å². The van der Waals surface area contributed by atoms with Gasteiger partial charge < -0.3 is 10.1 Å². The SMILES string of the molecule is CNc1nnc(SCCCOc2ccc(Cl)cc2)s1. The van der Waals surface area contributed by atoms with Crippen LogP contribution in [0.4, 0.5) is 5.13 Å². The van der Waals surface area contributed by atoms with Crippen molar-refractivity contribution in [3.63, 3.8) is 0 Å². The minimum absolute atomic E-state index is 0.687. The Labute approximate surface area is 125 Å². The topological polar surface area (TPSA) is 47.0 Å².